The molecular formula is C30H50F2. The van der Waals surface area contributed by atoms with Gasteiger partial charge in [-0.1, -0.05) is 52.0 Å². The minimum absolute atomic E-state index is 0.0549. The topological polar surface area (TPSA) is 0 Å². The van der Waals surface area contributed by atoms with Gasteiger partial charge in [-0.25, -0.2) is 4.39 Å². The highest BCUT2D eigenvalue weighted by atomic mass is 19.1. The lowest BCUT2D eigenvalue weighted by atomic mass is 9.69. The van der Waals surface area contributed by atoms with Gasteiger partial charge in [-0.2, -0.15) is 0 Å². The van der Waals surface area contributed by atoms with Gasteiger partial charge in [-0.15, -0.1) is 0 Å². The van der Waals surface area contributed by atoms with Crippen LogP contribution < -0.4 is 0 Å². The summed E-state index contributed by atoms with van der Waals surface area (Å²) in [6.45, 7) is 4.42. The first-order valence-electron chi connectivity index (χ1n) is 14.2. The van der Waals surface area contributed by atoms with Gasteiger partial charge in [0.1, 0.15) is 5.83 Å². The number of alkyl halides is 1. The molecule has 0 aromatic rings. The second-order valence-electron chi connectivity index (χ2n) is 11.7. The van der Waals surface area contributed by atoms with E-state index in [2.05, 4.69) is 19.9 Å². The van der Waals surface area contributed by atoms with Gasteiger partial charge in [0, 0.05) is 0 Å². The largest absolute Gasteiger partial charge is 0.251 e. The van der Waals surface area contributed by atoms with Crippen molar-refractivity contribution >= 4 is 0 Å². The van der Waals surface area contributed by atoms with Crippen LogP contribution in [0.2, 0.25) is 0 Å². The Hall–Kier alpha value is -0.660. The number of rotatable bonds is 10. The first-order chi connectivity index (χ1) is 15.6. The molecule has 0 unspecified atom stereocenters. The van der Waals surface area contributed by atoms with Gasteiger partial charge in [0.15, 0.2) is 0 Å². The Morgan fingerprint density at radius 3 is 1.91 bits per heavy atom. The van der Waals surface area contributed by atoms with Crippen LogP contribution in [0.25, 0.3) is 0 Å². The van der Waals surface area contributed by atoms with Crippen molar-refractivity contribution < 1.29 is 8.78 Å². The summed E-state index contributed by atoms with van der Waals surface area (Å²) in [5, 5.41) is 0. The predicted molar refractivity (Wildman–Crippen MR) is 134 cm³/mol. The average Bonchev–Trinajstić information content (AvgIpc) is 2.84. The van der Waals surface area contributed by atoms with Crippen LogP contribution in [0.1, 0.15) is 123 Å². The fourth-order valence-electron chi connectivity index (χ4n) is 6.73. The molecule has 0 saturated heterocycles. The molecule has 0 amide bonds. The minimum Gasteiger partial charge on any atom is -0.251 e. The Balaban J connectivity index is 1.42. The van der Waals surface area contributed by atoms with E-state index in [-0.39, 0.29) is 18.4 Å². The van der Waals surface area contributed by atoms with Crippen molar-refractivity contribution in [1.82, 2.24) is 0 Å². The lowest BCUT2D eigenvalue weighted by molar-refractivity contribution is 0.151. The van der Waals surface area contributed by atoms with E-state index < -0.39 is 0 Å². The highest BCUT2D eigenvalue weighted by Gasteiger charge is 2.29. The Bertz CT molecular complexity index is 568. The summed E-state index contributed by atoms with van der Waals surface area (Å²) in [7, 11) is 0. The molecule has 0 bridgehead atoms. The molecule has 3 aliphatic rings. The fourth-order valence-corrected chi connectivity index (χ4v) is 6.73. The van der Waals surface area contributed by atoms with Gasteiger partial charge in [-0.05, 0) is 124 Å². The zero-order valence-electron chi connectivity index (χ0n) is 21.1. The smallest absolute Gasteiger partial charge is 0.122 e. The Labute approximate surface area is 197 Å². The van der Waals surface area contributed by atoms with E-state index in [0.717, 1.165) is 81.1 Å². The third-order valence-corrected chi connectivity index (χ3v) is 9.24. The van der Waals surface area contributed by atoms with Crippen molar-refractivity contribution in [3.8, 4) is 0 Å². The average molecular weight is 449 g/mol. The zero-order valence-corrected chi connectivity index (χ0v) is 21.1. The van der Waals surface area contributed by atoms with E-state index in [1.807, 2.05) is 6.08 Å². The number of hydrogen-bond donors (Lipinski definition) is 0. The molecule has 3 saturated carbocycles. The second kappa shape index (κ2) is 13.9. The van der Waals surface area contributed by atoms with Crippen LogP contribution >= 0.6 is 0 Å². The maximum Gasteiger partial charge on any atom is 0.122 e. The summed E-state index contributed by atoms with van der Waals surface area (Å²) >= 11 is 0. The van der Waals surface area contributed by atoms with E-state index in [4.69, 9.17) is 0 Å². The monoisotopic (exact) mass is 448 g/mol. The number of allylic oxidation sites excluding steroid dienone is 4. The minimum atomic E-state index is -0.159. The SMILES string of the molecule is CCC/C=C(CCC1CCC(CF)CC1)\C(F)=C/CC1CCC(C2CCC(C)CC2)CC1. The molecule has 3 aliphatic carbocycles. The van der Waals surface area contributed by atoms with E-state index in [0.29, 0.717) is 11.8 Å². The lowest BCUT2D eigenvalue weighted by Crippen LogP contribution is -2.25. The summed E-state index contributed by atoms with van der Waals surface area (Å²) in [6, 6.07) is 0. The number of hydrogen-bond acceptors (Lipinski definition) is 0. The third-order valence-electron chi connectivity index (χ3n) is 9.24. The van der Waals surface area contributed by atoms with Gasteiger partial charge in [0.25, 0.3) is 0 Å². The molecule has 0 aromatic carbocycles. The van der Waals surface area contributed by atoms with E-state index in [9.17, 15) is 4.39 Å². The molecule has 2 heteroatoms. The quantitative estimate of drug-likeness (QED) is 0.292. The Morgan fingerprint density at radius 2 is 1.31 bits per heavy atom. The Morgan fingerprint density at radius 1 is 0.750 bits per heavy atom. The maximum atomic E-state index is 15.2. The molecular weight excluding hydrogens is 398 g/mol. The molecule has 0 heterocycles. The van der Waals surface area contributed by atoms with Crippen molar-refractivity contribution in [2.24, 2.45) is 35.5 Å². The normalized spacial score (nSPS) is 35.1. The molecule has 3 fully saturated rings. The summed E-state index contributed by atoms with van der Waals surface area (Å²) in [6.07, 6.45) is 24.4. The molecule has 184 valence electrons. The predicted octanol–water partition coefficient (Wildman–Crippen LogP) is 10.1. The number of halogens is 2. The van der Waals surface area contributed by atoms with Crippen LogP contribution in [0.5, 0.6) is 0 Å². The summed E-state index contributed by atoms with van der Waals surface area (Å²) in [5.74, 6) is 4.55. The van der Waals surface area contributed by atoms with Crippen molar-refractivity contribution in [1.29, 1.82) is 0 Å². The van der Waals surface area contributed by atoms with Gasteiger partial charge < -0.3 is 0 Å². The summed E-state index contributed by atoms with van der Waals surface area (Å²) in [4.78, 5) is 0. The summed E-state index contributed by atoms with van der Waals surface area (Å²) in [5.41, 5.74) is 0.949. The lowest BCUT2D eigenvalue weighted by Gasteiger charge is -2.37. The van der Waals surface area contributed by atoms with Crippen LogP contribution in [0, 0.1) is 35.5 Å². The first-order valence-corrected chi connectivity index (χ1v) is 14.2. The molecule has 0 radical (unpaired) electrons. The highest BCUT2D eigenvalue weighted by molar-refractivity contribution is 5.25. The van der Waals surface area contributed by atoms with Gasteiger partial charge in [0.05, 0.1) is 6.67 Å². The van der Waals surface area contributed by atoms with Gasteiger partial charge in [-0.3, -0.25) is 4.39 Å². The third kappa shape index (κ3) is 8.28. The highest BCUT2D eigenvalue weighted by Crippen LogP contribution is 2.42. The van der Waals surface area contributed by atoms with Crippen LogP contribution in [-0.4, -0.2) is 6.67 Å². The molecule has 3 rings (SSSR count). The van der Waals surface area contributed by atoms with E-state index in [1.54, 1.807) is 0 Å². The number of unbranched alkanes of at least 4 members (excludes halogenated alkanes) is 1. The molecule has 0 N–H and O–H groups in total. The fraction of sp³-hybridized carbons (Fsp3) is 0.867. The van der Waals surface area contributed by atoms with Gasteiger partial charge in [0.2, 0.25) is 0 Å². The summed E-state index contributed by atoms with van der Waals surface area (Å²) < 4.78 is 28.0. The second-order valence-corrected chi connectivity index (χ2v) is 11.7. The van der Waals surface area contributed by atoms with Crippen LogP contribution in [0.3, 0.4) is 0 Å². The van der Waals surface area contributed by atoms with Crippen molar-refractivity contribution in [3.63, 3.8) is 0 Å². The van der Waals surface area contributed by atoms with Crippen molar-refractivity contribution in [3.05, 3.63) is 23.6 Å². The Kier molecular flexibility index (Phi) is 11.3. The van der Waals surface area contributed by atoms with Crippen molar-refractivity contribution in [2.75, 3.05) is 6.67 Å². The van der Waals surface area contributed by atoms with E-state index >= 15 is 4.39 Å². The maximum absolute atomic E-state index is 15.2. The molecule has 0 spiro atoms. The molecule has 0 aromatic heterocycles. The van der Waals surface area contributed by atoms with E-state index in [1.165, 1.54) is 51.4 Å². The molecule has 32 heavy (non-hydrogen) atoms. The van der Waals surface area contributed by atoms with Crippen LogP contribution in [0.15, 0.2) is 23.6 Å². The first kappa shape index (κ1) is 26.0. The molecule has 0 aliphatic heterocycles. The van der Waals surface area contributed by atoms with Crippen LogP contribution in [0.4, 0.5) is 8.78 Å². The van der Waals surface area contributed by atoms with Crippen molar-refractivity contribution in [2.45, 2.75) is 123 Å². The molecule has 0 nitrogen and oxygen atoms in total. The molecule has 0 atom stereocenters. The standard InChI is InChI=1S/C30H50F2/c1-3-4-5-29(20-14-24-8-10-26(22-31)11-9-24)30(32)21-15-25-12-18-28(19-13-25)27-16-6-23(2)7-17-27/h5,21,23-28H,3-4,6-20,22H2,1-2H3/b29-5-,30-21+. The zero-order chi connectivity index (χ0) is 22.8. The van der Waals surface area contributed by atoms with Crippen LogP contribution in [-0.2, 0) is 0 Å². The van der Waals surface area contributed by atoms with Gasteiger partial charge >= 0.3 is 0 Å².